The van der Waals surface area contributed by atoms with Crippen LogP contribution in [0.1, 0.15) is 34.6 Å². The van der Waals surface area contributed by atoms with Crippen LogP contribution in [0.25, 0.3) is 0 Å². The van der Waals surface area contributed by atoms with Crippen molar-refractivity contribution in [3.05, 3.63) is 21.7 Å². The lowest BCUT2D eigenvalue weighted by atomic mass is 10.1. The van der Waals surface area contributed by atoms with Gasteiger partial charge in [0.25, 0.3) is 0 Å². The zero-order valence-electron chi connectivity index (χ0n) is 13.7. The maximum atomic E-state index is 12.3. The number of rotatable bonds is 5. The zero-order valence-corrected chi connectivity index (χ0v) is 14.5. The van der Waals surface area contributed by atoms with Gasteiger partial charge in [-0.25, -0.2) is 4.79 Å². The number of hydrogen-bond donors (Lipinski definition) is 0. The highest BCUT2D eigenvalue weighted by molar-refractivity contribution is 8.06. The second kappa shape index (κ2) is 6.77. The highest BCUT2D eigenvalue weighted by Crippen LogP contribution is 2.46. The molecule has 0 N–H and O–H groups in total. The van der Waals surface area contributed by atoms with Crippen LogP contribution in [-0.4, -0.2) is 36.1 Å². The second-order valence-electron chi connectivity index (χ2n) is 5.82. The van der Waals surface area contributed by atoms with Crippen LogP contribution in [0, 0.1) is 11.8 Å². The molecule has 122 valence electrons. The molecule has 0 saturated carbocycles. The molecule has 0 saturated heterocycles. The monoisotopic (exact) mass is 325 g/mol. The maximum absolute atomic E-state index is 12.3. The van der Waals surface area contributed by atoms with E-state index in [-0.39, 0.29) is 29.9 Å². The standard InChI is InChI=1S/C16H23NO4S/c1-6-20-15(18)11(5)12-8-22-14-13(10(4)7-17(12)14)16(19)21-9(2)3/h8-11H,6-7H2,1-5H3. The molecule has 0 spiro atoms. The second-order valence-corrected chi connectivity index (χ2v) is 6.68. The fraction of sp³-hybridized carbons (Fsp3) is 0.625. The molecule has 2 aliphatic heterocycles. The molecule has 2 unspecified atom stereocenters. The van der Waals surface area contributed by atoms with Crippen molar-refractivity contribution >= 4 is 23.7 Å². The number of hydrogen-bond acceptors (Lipinski definition) is 6. The molecule has 6 heteroatoms. The van der Waals surface area contributed by atoms with Crippen LogP contribution in [0.2, 0.25) is 0 Å². The van der Waals surface area contributed by atoms with Gasteiger partial charge in [-0.3, -0.25) is 4.79 Å². The number of nitrogens with zero attached hydrogens (tertiary/aromatic N) is 1. The van der Waals surface area contributed by atoms with Crippen LogP contribution in [0.3, 0.4) is 0 Å². The first kappa shape index (κ1) is 16.9. The lowest BCUT2D eigenvalue weighted by Crippen LogP contribution is -2.26. The van der Waals surface area contributed by atoms with Crippen molar-refractivity contribution in [2.75, 3.05) is 13.2 Å². The van der Waals surface area contributed by atoms with Crippen molar-refractivity contribution in [1.29, 1.82) is 0 Å². The first-order valence-electron chi connectivity index (χ1n) is 7.62. The predicted molar refractivity (Wildman–Crippen MR) is 85.6 cm³/mol. The molecule has 0 aliphatic carbocycles. The summed E-state index contributed by atoms with van der Waals surface area (Å²) in [6.07, 6.45) is -0.140. The van der Waals surface area contributed by atoms with E-state index in [4.69, 9.17) is 9.47 Å². The fourth-order valence-electron chi connectivity index (χ4n) is 2.62. The lowest BCUT2D eigenvalue weighted by Gasteiger charge is -2.22. The van der Waals surface area contributed by atoms with Crippen LogP contribution < -0.4 is 0 Å². The molecule has 0 aromatic rings. The van der Waals surface area contributed by atoms with E-state index >= 15 is 0 Å². The van der Waals surface area contributed by atoms with Crippen molar-refractivity contribution in [2.45, 2.75) is 40.7 Å². The molecule has 0 radical (unpaired) electrons. The number of thioether (sulfide) groups is 1. The predicted octanol–water partition coefficient (Wildman–Crippen LogP) is 2.89. The van der Waals surface area contributed by atoms with E-state index in [1.165, 1.54) is 11.8 Å². The smallest absolute Gasteiger partial charge is 0.337 e. The highest BCUT2D eigenvalue weighted by Gasteiger charge is 2.41. The van der Waals surface area contributed by atoms with Crippen LogP contribution in [0.15, 0.2) is 21.7 Å². The van der Waals surface area contributed by atoms with Crippen molar-refractivity contribution in [3.63, 3.8) is 0 Å². The van der Waals surface area contributed by atoms with Crippen LogP contribution >= 0.6 is 11.8 Å². The SMILES string of the molecule is CCOC(=O)C(C)C1=CSC2=C(C(=O)OC(C)C)C(C)CN12. The van der Waals surface area contributed by atoms with Gasteiger partial charge in [-0.2, -0.15) is 0 Å². The Morgan fingerprint density at radius 3 is 2.68 bits per heavy atom. The van der Waals surface area contributed by atoms with E-state index in [1.54, 1.807) is 6.92 Å². The molecule has 2 heterocycles. The third-order valence-corrected chi connectivity index (χ3v) is 4.70. The molecule has 0 aromatic carbocycles. The molecular formula is C16H23NO4S. The molecule has 0 bridgehead atoms. The van der Waals surface area contributed by atoms with Crippen molar-refractivity contribution in [1.82, 2.24) is 4.90 Å². The molecule has 2 rings (SSSR count). The van der Waals surface area contributed by atoms with Crippen molar-refractivity contribution in [2.24, 2.45) is 11.8 Å². The molecule has 0 aromatic heterocycles. The molecule has 0 amide bonds. The Hall–Kier alpha value is -1.43. The summed E-state index contributed by atoms with van der Waals surface area (Å²) >= 11 is 1.49. The lowest BCUT2D eigenvalue weighted by molar-refractivity contribution is -0.146. The van der Waals surface area contributed by atoms with Gasteiger partial charge in [0.15, 0.2) is 0 Å². The average Bonchev–Trinajstić information content (AvgIpc) is 2.94. The van der Waals surface area contributed by atoms with E-state index in [1.807, 2.05) is 38.0 Å². The number of carbonyl (C=O) groups is 2. The Kier molecular flexibility index (Phi) is 5.21. The van der Waals surface area contributed by atoms with Gasteiger partial charge in [-0.1, -0.05) is 18.7 Å². The maximum Gasteiger partial charge on any atom is 0.337 e. The third kappa shape index (κ3) is 3.16. The summed E-state index contributed by atoms with van der Waals surface area (Å²) in [5.74, 6) is -0.739. The van der Waals surface area contributed by atoms with Gasteiger partial charge in [0.1, 0.15) is 0 Å². The first-order chi connectivity index (χ1) is 10.4. The number of ether oxygens (including phenoxy) is 2. The summed E-state index contributed by atoms with van der Waals surface area (Å²) in [6, 6.07) is 0. The van der Waals surface area contributed by atoms with E-state index in [2.05, 4.69) is 0 Å². The highest BCUT2D eigenvalue weighted by atomic mass is 32.2. The quantitative estimate of drug-likeness (QED) is 0.725. The molecule has 5 nitrogen and oxygen atoms in total. The van der Waals surface area contributed by atoms with Crippen molar-refractivity contribution < 1.29 is 19.1 Å². The number of esters is 2. The van der Waals surface area contributed by atoms with Gasteiger partial charge in [-0.15, -0.1) is 0 Å². The summed E-state index contributed by atoms with van der Waals surface area (Å²) < 4.78 is 10.4. The van der Waals surface area contributed by atoms with Gasteiger partial charge >= 0.3 is 11.9 Å². The Bertz CT molecular complexity index is 538. The van der Waals surface area contributed by atoms with E-state index in [0.717, 1.165) is 10.7 Å². The van der Waals surface area contributed by atoms with Crippen LogP contribution in [0.5, 0.6) is 0 Å². The Labute approximate surface area is 135 Å². The van der Waals surface area contributed by atoms with Crippen LogP contribution in [-0.2, 0) is 19.1 Å². The molecular weight excluding hydrogens is 302 g/mol. The zero-order chi connectivity index (χ0) is 16.4. The van der Waals surface area contributed by atoms with Crippen LogP contribution in [0.4, 0.5) is 0 Å². The first-order valence-corrected chi connectivity index (χ1v) is 8.50. The third-order valence-electron chi connectivity index (χ3n) is 3.67. The van der Waals surface area contributed by atoms with Crippen molar-refractivity contribution in [3.8, 4) is 0 Å². The summed E-state index contributed by atoms with van der Waals surface area (Å²) in [5.41, 5.74) is 1.61. The Morgan fingerprint density at radius 2 is 2.09 bits per heavy atom. The number of fused-ring (bicyclic) bond motifs is 1. The molecule has 0 fully saturated rings. The minimum atomic E-state index is -0.336. The average molecular weight is 325 g/mol. The molecule has 2 atom stereocenters. The number of carbonyl (C=O) groups excluding carboxylic acids is 2. The van der Waals surface area contributed by atoms with Gasteiger partial charge in [0.2, 0.25) is 0 Å². The minimum absolute atomic E-state index is 0.0897. The summed E-state index contributed by atoms with van der Waals surface area (Å²) in [6.45, 7) is 10.4. The minimum Gasteiger partial charge on any atom is -0.465 e. The van der Waals surface area contributed by atoms with E-state index < -0.39 is 0 Å². The summed E-state index contributed by atoms with van der Waals surface area (Å²) in [5, 5.41) is 2.83. The van der Waals surface area contributed by atoms with Gasteiger partial charge in [0.05, 0.1) is 29.2 Å². The van der Waals surface area contributed by atoms with Gasteiger partial charge in [-0.05, 0) is 33.1 Å². The summed E-state index contributed by atoms with van der Waals surface area (Å²) in [4.78, 5) is 26.3. The Morgan fingerprint density at radius 1 is 1.41 bits per heavy atom. The molecule has 22 heavy (non-hydrogen) atoms. The van der Waals surface area contributed by atoms with Gasteiger partial charge < -0.3 is 14.4 Å². The molecule has 2 aliphatic rings. The normalized spacial score (nSPS) is 21.8. The largest absolute Gasteiger partial charge is 0.465 e. The summed E-state index contributed by atoms with van der Waals surface area (Å²) in [7, 11) is 0. The fourth-order valence-corrected chi connectivity index (χ4v) is 3.91. The van der Waals surface area contributed by atoms with E-state index in [9.17, 15) is 9.59 Å². The topological polar surface area (TPSA) is 55.8 Å². The van der Waals surface area contributed by atoms with Gasteiger partial charge in [0, 0.05) is 18.2 Å². The Balaban J connectivity index is 2.19. The van der Waals surface area contributed by atoms with E-state index in [0.29, 0.717) is 18.7 Å².